The van der Waals surface area contributed by atoms with Crippen LogP contribution in [0.15, 0.2) is 53.4 Å². The van der Waals surface area contributed by atoms with E-state index in [2.05, 4.69) is 26.1 Å². The van der Waals surface area contributed by atoms with Crippen molar-refractivity contribution < 1.29 is 22.3 Å². The maximum absolute atomic E-state index is 14.9. The number of anilines is 1. The van der Waals surface area contributed by atoms with Crippen LogP contribution in [0.5, 0.6) is 0 Å². The molecule has 0 amide bonds. The number of rotatable bonds is 12. The van der Waals surface area contributed by atoms with Crippen LogP contribution < -0.4 is 10.2 Å². The summed E-state index contributed by atoms with van der Waals surface area (Å²) < 4.78 is 45.6. The molecule has 3 atom stereocenters. The van der Waals surface area contributed by atoms with Crippen LogP contribution >= 0.6 is 0 Å². The second kappa shape index (κ2) is 13.8. The van der Waals surface area contributed by atoms with Gasteiger partial charge in [-0.15, -0.1) is 0 Å². The van der Waals surface area contributed by atoms with E-state index in [0.29, 0.717) is 42.2 Å². The van der Waals surface area contributed by atoms with Gasteiger partial charge >= 0.3 is 5.97 Å². The number of piperidine rings is 1. The van der Waals surface area contributed by atoms with E-state index in [-0.39, 0.29) is 28.4 Å². The van der Waals surface area contributed by atoms with Crippen LogP contribution in [-0.2, 0) is 24.8 Å². The Labute approximate surface area is 279 Å². The van der Waals surface area contributed by atoms with E-state index in [9.17, 15) is 17.6 Å². The molecule has 1 N–H and O–H groups in total. The quantitative estimate of drug-likeness (QED) is 0.336. The standard InChI is InChI=1S/C37H51FN4O4S/c1-46-36(43)19-28-5-2-8-35(28)37(26-41-15-4-16-41,30-6-3-7-31(38)20-30)29-13-17-40(18-14-29)23-27-24-42(25-27)32-9-11-33(12-10-32)47(44,45)34-21-39-22-34/h3,6-7,9-12,20,27-29,34-35,39H,2,4-5,8,13-19,21-26H2,1H3/t28-,35+,37+/m1/s1. The third-order valence-corrected chi connectivity index (χ3v) is 14.4. The van der Waals surface area contributed by atoms with Gasteiger partial charge in [-0.05, 0) is 118 Å². The van der Waals surface area contributed by atoms with Gasteiger partial charge in [0.15, 0.2) is 9.84 Å². The van der Waals surface area contributed by atoms with Crippen LogP contribution in [0.1, 0.15) is 50.5 Å². The molecule has 8 nitrogen and oxygen atoms in total. The molecule has 4 heterocycles. The first-order chi connectivity index (χ1) is 22.8. The van der Waals surface area contributed by atoms with Crippen molar-refractivity contribution in [2.24, 2.45) is 23.7 Å². The summed E-state index contributed by atoms with van der Waals surface area (Å²) in [7, 11) is -1.76. The number of benzene rings is 2. The average Bonchev–Trinajstić information content (AvgIpc) is 3.46. The molecular formula is C37H51FN4O4S. The molecule has 0 bridgehead atoms. The third-order valence-electron chi connectivity index (χ3n) is 12.3. The zero-order valence-electron chi connectivity index (χ0n) is 27.8. The summed E-state index contributed by atoms with van der Waals surface area (Å²) in [5.41, 5.74) is 2.03. The van der Waals surface area contributed by atoms with Gasteiger partial charge in [-0.3, -0.25) is 4.79 Å². The van der Waals surface area contributed by atoms with Gasteiger partial charge in [-0.1, -0.05) is 18.6 Å². The van der Waals surface area contributed by atoms with Crippen LogP contribution in [0, 0.1) is 29.5 Å². The maximum atomic E-state index is 14.9. The molecule has 0 spiro atoms. The van der Waals surface area contributed by atoms with Crippen LogP contribution in [-0.4, -0.2) is 102 Å². The molecular weight excluding hydrogens is 615 g/mol. The SMILES string of the molecule is COC(=O)C[C@H]1CCC[C@@H]1[C@](CN1CCC1)(c1cccc(F)c1)C1CCN(CC2CN(c3ccc(S(=O)(=O)C4CNC4)cc3)C2)CC1. The molecule has 10 heteroatoms. The molecule has 0 unspecified atom stereocenters. The van der Waals surface area contributed by atoms with Gasteiger partial charge in [0.05, 0.1) is 17.3 Å². The number of esters is 1. The number of methoxy groups -OCH3 is 1. The lowest BCUT2D eigenvalue weighted by molar-refractivity contribution is -0.142. The van der Waals surface area contributed by atoms with Crippen molar-refractivity contribution in [2.75, 3.05) is 77.5 Å². The summed E-state index contributed by atoms with van der Waals surface area (Å²) >= 11 is 0. The monoisotopic (exact) mass is 666 g/mol. The lowest BCUT2D eigenvalue weighted by atomic mass is 9.56. The first-order valence-corrected chi connectivity index (χ1v) is 19.4. The molecule has 5 aliphatic rings. The zero-order chi connectivity index (χ0) is 32.6. The van der Waals surface area contributed by atoms with Gasteiger partial charge in [-0.2, -0.15) is 0 Å². The zero-order valence-corrected chi connectivity index (χ0v) is 28.6. The van der Waals surface area contributed by atoms with E-state index in [4.69, 9.17) is 4.74 Å². The van der Waals surface area contributed by atoms with Crippen molar-refractivity contribution in [1.82, 2.24) is 15.1 Å². The Balaban J connectivity index is 1.02. The number of halogens is 1. The van der Waals surface area contributed by atoms with Gasteiger partial charge in [0.2, 0.25) is 0 Å². The maximum Gasteiger partial charge on any atom is 0.305 e. The fourth-order valence-electron chi connectivity index (χ4n) is 9.45. The van der Waals surface area contributed by atoms with E-state index in [1.165, 1.54) is 13.5 Å². The molecule has 4 aliphatic heterocycles. The average molecular weight is 667 g/mol. The number of ether oxygens (including phenoxy) is 1. The fraction of sp³-hybridized carbons (Fsp3) is 0.649. The largest absolute Gasteiger partial charge is 0.469 e. The smallest absolute Gasteiger partial charge is 0.305 e. The highest BCUT2D eigenvalue weighted by atomic mass is 32.2. The van der Waals surface area contributed by atoms with Gasteiger partial charge in [0, 0.05) is 62.7 Å². The van der Waals surface area contributed by atoms with Crippen molar-refractivity contribution in [2.45, 2.75) is 60.5 Å². The summed E-state index contributed by atoms with van der Waals surface area (Å²) in [5.74, 6) is 1.30. The number of likely N-dealkylation sites (tertiary alicyclic amines) is 2. The van der Waals surface area contributed by atoms with Crippen molar-refractivity contribution in [3.05, 3.63) is 59.9 Å². The topological polar surface area (TPSA) is 82.2 Å². The normalized spacial score (nSPS) is 26.3. The Morgan fingerprint density at radius 3 is 2.32 bits per heavy atom. The summed E-state index contributed by atoms with van der Waals surface area (Å²) in [6.45, 7) is 9.32. The lowest BCUT2D eigenvalue weighted by Gasteiger charge is -2.54. The number of nitrogens with zero attached hydrogens (tertiary/aromatic N) is 3. The summed E-state index contributed by atoms with van der Waals surface area (Å²) in [4.78, 5) is 20.5. The summed E-state index contributed by atoms with van der Waals surface area (Å²) in [6, 6.07) is 14.9. The van der Waals surface area contributed by atoms with Gasteiger partial charge < -0.3 is 24.8 Å². The minimum atomic E-state index is -3.25. The number of sulfone groups is 1. The first kappa shape index (κ1) is 33.0. The predicted molar refractivity (Wildman–Crippen MR) is 182 cm³/mol. The minimum Gasteiger partial charge on any atom is -0.469 e. The molecule has 2 aromatic rings. The second-order valence-electron chi connectivity index (χ2n) is 14.9. The second-order valence-corrected chi connectivity index (χ2v) is 17.2. The van der Waals surface area contributed by atoms with Gasteiger partial charge in [0.1, 0.15) is 5.82 Å². The lowest BCUT2D eigenvalue weighted by Crippen LogP contribution is -2.58. The Kier molecular flexibility index (Phi) is 9.66. The summed E-state index contributed by atoms with van der Waals surface area (Å²) in [5, 5.41) is 2.75. The Morgan fingerprint density at radius 1 is 0.957 bits per heavy atom. The van der Waals surface area contributed by atoms with Crippen LogP contribution in [0.2, 0.25) is 0 Å². The fourth-order valence-corrected chi connectivity index (χ4v) is 11.0. The van der Waals surface area contributed by atoms with Gasteiger partial charge in [-0.25, -0.2) is 12.8 Å². The Morgan fingerprint density at radius 2 is 1.70 bits per heavy atom. The molecule has 2 aromatic carbocycles. The number of hydrogen-bond donors (Lipinski definition) is 1. The van der Waals surface area contributed by atoms with E-state index in [0.717, 1.165) is 95.7 Å². The number of nitrogens with one attached hydrogen (secondary N) is 1. The van der Waals surface area contributed by atoms with Gasteiger partial charge in [0.25, 0.3) is 0 Å². The molecule has 5 fully saturated rings. The number of carbonyl (C=O) groups is 1. The first-order valence-electron chi connectivity index (χ1n) is 17.8. The molecule has 1 aliphatic carbocycles. The van der Waals surface area contributed by atoms with E-state index < -0.39 is 9.84 Å². The van der Waals surface area contributed by atoms with E-state index in [1.54, 1.807) is 24.3 Å². The van der Waals surface area contributed by atoms with Crippen LogP contribution in [0.3, 0.4) is 0 Å². The summed E-state index contributed by atoms with van der Waals surface area (Å²) in [6.07, 6.45) is 7.04. The van der Waals surface area contributed by atoms with Crippen LogP contribution in [0.25, 0.3) is 0 Å². The highest BCUT2D eigenvalue weighted by Gasteiger charge is 2.53. The highest BCUT2D eigenvalue weighted by Crippen LogP contribution is 2.54. The molecule has 7 rings (SSSR count). The van der Waals surface area contributed by atoms with Crippen molar-refractivity contribution in [3.63, 3.8) is 0 Å². The molecule has 47 heavy (non-hydrogen) atoms. The van der Waals surface area contributed by atoms with Crippen molar-refractivity contribution in [3.8, 4) is 0 Å². The molecule has 1 saturated carbocycles. The highest BCUT2D eigenvalue weighted by molar-refractivity contribution is 7.92. The van der Waals surface area contributed by atoms with Crippen molar-refractivity contribution in [1.29, 1.82) is 0 Å². The molecule has 0 aromatic heterocycles. The number of carbonyl (C=O) groups excluding carboxylic acids is 1. The third kappa shape index (κ3) is 6.59. The molecule has 4 saturated heterocycles. The molecule has 0 radical (unpaired) electrons. The Hall–Kier alpha value is -2.53. The van der Waals surface area contributed by atoms with Crippen molar-refractivity contribution >= 4 is 21.5 Å². The van der Waals surface area contributed by atoms with E-state index in [1.807, 2.05) is 18.2 Å². The number of hydrogen-bond acceptors (Lipinski definition) is 8. The minimum absolute atomic E-state index is 0.129. The van der Waals surface area contributed by atoms with E-state index >= 15 is 0 Å². The van der Waals surface area contributed by atoms with Crippen LogP contribution in [0.4, 0.5) is 10.1 Å². The Bertz CT molecular complexity index is 1500. The predicted octanol–water partition coefficient (Wildman–Crippen LogP) is 4.34. The molecule has 256 valence electrons.